The zero-order valence-electron chi connectivity index (χ0n) is 13.1. The normalized spacial score (nSPS) is 25.7. The predicted octanol–water partition coefficient (Wildman–Crippen LogP) is 2.59. The third kappa shape index (κ3) is 2.43. The topological polar surface area (TPSA) is 64.2 Å². The Balaban J connectivity index is 1.90. The lowest BCUT2D eigenvalue weighted by Crippen LogP contribution is -2.50. The van der Waals surface area contributed by atoms with Crippen molar-refractivity contribution in [1.82, 2.24) is 14.7 Å². The molecule has 1 aliphatic heterocycles. The number of anilines is 1. The number of amides is 1. The minimum Gasteiger partial charge on any atom is -0.395 e. The first-order chi connectivity index (χ1) is 10.1. The summed E-state index contributed by atoms with van der Waals surface area (Å²) in [6.45, 7) is 5.43. The van der Waals surface area contributed by atoms with Gasteiger partial charge in [0, 0.05) is 19.1 Å². The van der Waals surface area contributed by atoms with Crippen LogP contribution in [0.5, 0.6) is 0 Å². The van der Waals surface area contributed by atoms with Gasteiger partial charge in [0.25, 0.3) is 5.91 Å². The molecular weight excluding hydrogens is 264 g/mol. The monoisotopic (exact) mass is 290 g/mol. The zero-order chi connectivity index (χ0) is 15.0. The Morgan fingerprint density at radius 1 is 1.29 bits per heavy atom. The molecule has 1 aromatic rings. The maximum atomic E-state index is 13.1. The highest BCUT2D eigenvalue weighted by atomic mass is 16.2. The number of likely N-dealkylation sites (tertiary alicyclic amines) is 1. The van der Waals surface area contributed by atoms with Crippen molar-refractivity contribution in [1.29, 1.82) is 0 Å². The van der Waals surface area contributed by atoms with E-state index in [-0.39, 0.29) is 5.91 Å². The van der Waals surface area contributed by atoms with Gasteiger partial charge in [-0.3, -0.25) is 9.48 Å². The highest BCUT2D eigenvalue weighted by molar-refractivity contribution is 5.98. The third-order valence-corrected chi connectivity index (χ3v) is 5.18. The van der Waals surface area contributed by atoms with E-state index in [4.69, 9.17) is 5.73 Å². The first-order valence-electron chi connectivity index (χ1n) is 8.27. The number of nitrogen functional groups attached to an aromatic ring is 1. The van der Waals surface area contributed by atoms with E-state index in [1.807, 2.05) is 13.8 Å². The van der Waals surface area contributed by atoms with Gasteiger partial charge < -0.3 is 10.6 Å². The van der Waals surface area contributed by atoms with Crippen LogP contribution in [0.1, 0.15) is 61.6 Å². The molecule has 5 heteroatoms. The van der Waals surface area contributed by atoms with Crippen LogP contribution in [0, 0.1) is 12.8 Å². The number of piperidine rings is 1. The van der Waals surface area contributed by atoms with Crippen molar-refractivity contribution in [2.45, 2.75) is 65.0 Å². The van der Waals surface area contributed by atoms with Crippen molar-refractivity contribution >= 4 is 11.6 Å². The number of nitrogens with two attached hydrogens (primary N) is 1. The van der Waals surface area contributed by atoms with Crippen LogP contribution in [-0.4, -0.2) is 33.2 Å². The molecule has 2 atom stereocenters. The second kappa shape index (κ2) is 5.70. The third-order valence-electron chi connectivity index (χ3n) is 5.18. The summed E-state index contributed by atoms with van der Waals surface area (Å²) in [4.78, 5) is 15.1. The molecule has 0 bridgehead atoms. The average molecular weight is 290 g/mol. The van der Waals surface area contributed by atoms with Gasteiger partial charge in [-0.15, -0.1) is 0 Å². The minimum atomic E-state index is 0.0894. The molecule has 2 N–H and O–H groups in total. The van der Waals surface area contributed by atoms with Crippen molar-refractivity contribution in [3.05, 3.63) is 11.4 Å². The Hall–Kier alpha value is -1.52. The Kier molecular flexibility index (Phi) is 3.91. The van der Waals surface area contributed by atoms with Crippen molar-refractivity contribution in [2.75, 3.05) is 12.3 Å². The largest absolute Gasteiger partial charge is 0.395 e. The molecule has 0 unspecified atom stereocenters. The number of fused-ring (bicyclic) bond motifs is 1. The van der Waals surface area contributed by atoms with Gasteiger partial charge in [0.1, 0.15) is 5.69 Å². The van der Waals surface area contributed by atoms with Gasteiger partial charge in [0.15, 0.2) is 0 Å². The average Bonchev–Trinajstić information content (AvgIpc) is 2.81. The first-order valence-corrected chi connectivity index (χ1v) is 8.27. The molecule has 3 rings (SSSR count). The van der Waals surface area contributed by atoms with Crippen molar-refractivity contribution in [3.63, 3.8) is 0 Å². The van der Waals surface area contributed by atoms with Crippen LogP contribution < -0.4 is 5.73 Å². The molecular formula is C16H26N4O. The van der Waals surface area contributed by atoms with Crippen molar-refractivity contribution in [2.24, 2.45) is 5.92 Å². The summed E-state index contributed by atoms with van der Waals surface area (Å²) in [5, 5.41) is 4.39. The van der Waals surface area contributed by atoms with Gasteiger partial charge in [-0.2, -0.15) is 5.10 Å². The van der Waals surface area contributed by atoms with Crippen LogP contribution in [0.15, 0.2) is 0 Å². The standard InChI is InChI=1S/C16H26N4O/c1-3-20-15(14(17)11(2)18-20)16(21)19-10-6-8-12-7-4-5-9-13(12)19/h12-13H,3-10,17H2,1-2H3/t12-,13-/m1/s1. The Labute approximate surface area is 126 Å². The molecule has 2 aliphatic rings. The molecule has 1 saturated heterocycles. The SMILES string of the molecule is CCn1nc(C)c(N)c1C(=O)N1CCC[C@H]2CCCC[C@H]21. The molecule has 2 fully saturated rings. The van der Waals surface area contributed by atoms with Crippen LogP contribution in [0.2, 0.25) is 0 Å². The maximum absolute atomic E-state index is 13.1. The van der Waals surface area contributed by atoms with E-state index >= 15 is 0 Å². The molecule has 21 heavy (non-hydrogen) atoms. The van der Waals surface area contributed by atoms with E-state index < -0.39 is 0 Å². The Morgan fingerprint density at radius 2 is 2.00 bits per heavy atom. The summed E-state index contributed by atoms with van der Waals surface area (Å²) in [6, 6.07) is 0.417. The fourth-order valence-corrected chi connectivity index (χ4v) is 4.06. The number of carbonyl (C=O) groups is 1. The summed E-state index contributed by atoms with van der Waals surface area (Å²) in [6.07, 6.45) is 7.37. The molecule has 1 amide bonds. The summed E-state index contributed by atoms with van der Waals surface area (Å²) < 4.78 is 1.76. The summed E-state index contributed by atoms with van der Waals surface area (Å²) >= 11 is 0. The van der Waals surface area contributed by atoms with E-state index in [0.29, 0.717) is 29.9 Å². The molecule has 1 aromatic heterocycles. The van der Waals surface area contributed by atoms with E-state index in [9.17, 15) is 4.79 Å². The predicted molar refractivity (Wildman–Crippen MR) is 83.1 cm³/mol. The highest BCUT2D eigenvalue weighted by Gasteiger charge is 2.37. The van der Waals surface area contributed by atoms with E-state index in [0.717, 1.165) is 25.1 Å². The molecule has 1 aliphatic carbocycles. The Morgan fingerprint density at radius 3 is 2.76 bits per heavy atom. The second-order valence-corrected chi connectivity index (χ2v) is 6.42. The van der Waals surface area contributed by atoms with E-state index in [1.165, 1.54) is 25.7 Å². The number of carbonyl (C=O) groups excluding carboxylic acids is 1. The smallest absolute Gasteiger partial charge is 0.274 e. The fourth-order valence-electron chi connectivity index (χ4n) is 4.06. The lowest BCUT2D eigenvalue weighted by atomic mass is 9.78. The van der Waals surface area contributed by atoms with Gasteiger partial charge in [-0.05, 0) is 45.4 Å². The quantitative estimate of drug-likeness (QED) is 0.910. The van der Waals surface area contributed by atoms with Gasteiger partial charge in [0.2, 0.25) is 0 Å². The van der Waals surface area contributed by atoms with Gasteiger partial charge in [-0.1, -0.05) is 12.8 Å². The number of nitrogens with zero attached hydrogens (tertiary/aromatic N) is 3. The Bertz CT molecular complexity index is 535. The summed E-state index contributed by atoms with van der Waals surface area (Å²) in [5.74, 6) is 0.781. The number of aromatic nitrogens is 2. The number of rotatable bonds is 2. The lowest BCUT2D eigenvalue weighted by molar-refractivity contribution is 0.0380. The summed E-state index contributed by atoms with van der Waals surface area (Å²) in [5.41, 5.74) is 8.04. The molecule has 5 nitrogen and oxygen atoms in total. The van der Waals surface area contributed by atoms with Crippen LogP contribution in [-0.2, 0) is 6.54 Å². The van der Waals surface area contributed by atoms with Crippen molar-refractivity contribution in [3.8, 4) is 0 Å². The molecule has 0 spiro atoms. The van der Waals surface area contributed by atoms with Crippen molar-refractivity contribution < 1.29 is 4.79 Å². The van der Waals surface area contributed by atoms with Crippen LogP contribution in [0.4, 0.5) is 5.69 Å². The maximum Gasteiger partial charge on any atom is 0.274 e. The molecule has 1 saturated carbocycles. The van der Waals surface area contributed by atoms with Gasteiger partial charge >= 0.3 is 0 Å². The fraction of sp³-hybridized carbons (Fsp3) is 0.750. The molecule has 116 valence electrons. The molecule has 0 aromatic carbocycles. The number of hydrogen-bond donors (Lipinski definition) is 1. The number of aryl methyl sites for hydroxylation is 2. The lowest BCUT2D eigenvalue weighted by Gasteiger charge is -2.44. The van der Waals surface area contributed by atoms with Crippen LogP contribution in [0.3, 0.4) is 0 Å². The summed E-state index contributed by atoms with van der Waals surface area (Å²) in [7, 11) is 0. The van der Waals surface area contributed by atoms with E-state index in [1.54, 1.807) is 4.68 Å². The molecule has 0 radical (unpaired) electrons. The zero-order valence-corrected chi connectivity index (χ0v) is 13.1. The molecule has 2 heterocycles. The van der Waals surface area contributed by atoms with E-state index in [2.05, 4.69) is 10.00 Å². The highest BCUT2D eigenvalue weighted by Crippen LogP contribution is 2.36. The van der Waals surface area contributed by atoms with Gasteiger partial charge in [0.05, 0.1) is 11.4 Å². The van der Waals surface area contributed by atoms with Crippen LogP contribution in [0.25, 0.3) is 0 Å². The van der Waals surface area contributed by atoms with Crippen LogP contribution >= 0.6 is 0 Å². The number of hydrogen-bond acceptors (Lipinski definition) is 3. The van der Waals surface area contributed by atoms with Gasteiger partial charge in [-0.25, -0.2) is 0 Å². The first kappa shape index (κ1) is 14.4. The second-order valence-electron chi connectivity index (χ2n) is 6.42. The minimum absolute atomic E-state index is 0.0894.